The highest BCUT2D eigenvalue weighted by Crippen LogP contribution is 2.35. The van der Waals surface area contributed by atoms with E-state index in [-0.39, 0.29) is 55.8 Å². The number of aliphatic hydroxyl groups is 1. The summed E-state index contributed by atoms with van der Waals surface area (Å²) < 4.78 is 15.8. The molecule has 5 aromatic heterocycles. The molecule has 18 nitrogen and oxygen atoms in total. The Kier molecular flexibility index (Phi) is 8.29. The van der Waals surface area contributed by atoms with Gasteiger partial charge in [-0.1, -0.05) is 0 Å². The highest BCUT2D eigenvalue weighted by Gasteiger charge is 2.22. The van der Waals surface area contributed by atoms with Crippen molar-refractivity contribution in [2.24, 2.45) is 20.5 Å². The van der Waals surface area contributed by atoms with Gasteiger partial charge in [0.1, 0.15) is 18.5 Å². The molecule has 5 N–H and O–H groups in total. The maximum atomic E-state index is 12.1. The van der Waals surface area contributed by atoms with Crippen LogP contribution in [-0.4, -0.2) is 68.9 Å². The van der Waals surface area contributed by atoms with Crippen LogP contribution in [0, 0.1) is 27.7 Å². The molecule has 0 unspecified atom stereocenters. The summed E-state index contributed by atoms with van der Waals surface area (Å²) in [6, 6.07) is 1.56. The molecule has 0 aliphatic heterocycles. The van der Waals surface area contributed by atoms with Gasteiger partial charge >= 0.3 is 5.97 Å². The minimum Gasteiger partial charge on any atom is -0.465 e. The molecule has 0 aliphatic rings. The van der Waals surface area contributed by atoms with Gasteiger partial charge in [0.2, 0.25) is 0 Å². The minimum atomic E-state index is -0.677. The Labute approximate surface area is 256 Å². The molecule has 5 aromatic rings. The summed E-state index contributed by atoms with van der Waals surface area (Å²) in [6.45, 7) is 6.02. The fourth-order valence-corrected chi connectivity index (χ4v) is 5.48. The lowest BCUT2D eigenvalue weighted by Gasteiger charge is -2.06. The largest absolute Gasteiger partial charge is 0.465 e. The lowest BCUT2D eigenvalue weighted by Crippen LogP contribution is -2.09. The molecule has 5 rings (SSSR count). The molecule has 0 bridgehead atoms. The summed E-state index contributed by atoms with van der Waals surface area (Å²) in [7, 11) is 1.27. The van der Waals surface area contributed by atoms with Crippen LogP contribution in [-0.2, 0) is 4.74 Å². The zero-order valence-electron chi connectivity index (χ0n) is 23.9. The quantitative estimate of drug-likeness (QED) is 0.118. The number of nitrogen functional groups attached to an aromatic ring is 2. The monoisotopic (exact) mass is 636 g/mol. The fraction of sp³-hybridized carbons (Fsp3) is 0.250. The van der Waals surface area contributed by atoms with E-state index in [1.807, 2.05) is 0 Å². The molecule has 0 amide bonds. The predicted molar refractivity (Wildman–Crippen MR) is 159 cm³/mol. The molecule has 0 saturated heterocycles. The van der Waals surface area contributed by atoms with E-state index in [0.29, 0.717) is 22.8 Å². The van der Waals surface area contributed by atoms with Crippen molar-refractivity contribution >= 4 is 67.8 Å². The Bertz CT molecular complexity index is 1830. The molecule has 0 radical (unpaired) electrons. The number of rotatable bonds is 9. The number of Topliss-reactive ketones (excluding diaryl/α,β-unsaturated/α-hetero) is 1. The number of esters is 1. The average Bonchev–Trinajstić information content (AvgIpc) is 3.73. The van der Waals surface area contributed by atoms with Gasteiger partial charge in [0.05, 0.1) is 35.4 Å². The third-order valence-corrected chi connectivity index (χ3v) is 7.83. The summed E-state index contributed by atoms with van der Waals surface area (Å²) in [5.74, 6) is -0.278. The lowest BCUT2D eigenvalue weighted by atomic mass is 10.2. The smallest absolute Gasteiger partial charge is 0.342 e. The van der Waals surface area contributed by atoms with Crippen LogP contribution in [0.2, 0.25) is 0 Å². The van der Waals surface area contributed by atoms with Crippen LogP contribution in [0.4, 0.5) is 33.0 Å². The van der Waals surface area contributed by atoms with E-state index in [1.54, 1.807) is 33.8 Å². The molecule has 226 valence electrons. The molecule has 0 aromatic carbocycles. The first-order valence-corrected chi connectivity index (χ1v) is 14.1. The number of aliphatic hydroxyl groups excluding tert-OH is 1. The molecule has 0 atom stereocenters. The molecular weight excluding hydrogens is 612 g/mol. The van der Waals surface area contributed by atoms with Gasteiger partial charge in [-0.15, -0.1) is 20.5 Å². The van der Waals surface area contributed by atoms with Gasteiger partial charge in [0.15, 0.2) is 50.4 Å². The summed E-state index contributed by atoms with van der Waals surface area (Å²) in [5, 5.41) is 35.4. The molecule has 0 spiro atoms. The number of ketones is 1. The molecule has 20 heteroatoms. The Morgan fingerprint density at radius 2 is 1.30 bits per heavy atom. The molecule has 0 saturated carbocycles. The third kappa shape index (κ3) is 5.43. The molecule has 0 aliphatic carbocycles. The van der Waals surface area contributed by atoms with Gasteiger partial charge < -0.3 is 21.3 Å². The van der Waals surface area contributed by atoms with E-state index >= 15 is 0 Å². The van der Waals surface area contributed by atoms with Crippen LogP contribution in [0.1, 0.15) is 43.5 Å². The summed E-state index contributed by atoms with van der Waals surface area (Å²) in [5.41, 5.74) is 15.5. The fourth-order valence-electron chi connectivity index (χ4n) is 4.02. The number of hydrogen-bond acceptors (Lipinski definition) is 18. The van der Waals surface area contributed by atoms with Crippen LogP contribution in [0.15, 0.2) is 32.9 Å². The zero-order chi connectivity index (χ0) is 31.7. The first-order valence-electron chi connectivity index (χ1n) is 12.6. The zero-order valence-corrected chi connectivity index (χ0v) is 25.5. The number of carbonyl (C=O) groups is 2. The van der Waals surface area contributed by atoms with E-state index < -0.39 is 18.4 Å². The third-order valence-electron chi connectivity index (χ3n) is 6.18. The first-order chi connectivity index (χ1) is 21.0. The van der Waals surface area contributed by atoms with Crippen molar-refractivity contribution in [1.82, 2.24) is 38.3 Å². The predicted octanol–water partition coefficient (Wildman–Crippen LogP) is 3.95. The number of nitrogens with two attached hydrogens (primary N) is 2. The molecule has 0 fully saturated rings. The van der Waals surface area contributed by atoms with Gasteiger partial charge in [-0.05, 0) is 50.8 Å². The first kappa shape index (κ1) is 30.1. The van der Waals surface area contributed by atoms with E-state index in [9.17, 15) is 14.7 Å². The average molecular weight is 637 g/mol. The topological polar surface area (TPSA) is 252 Å². The van der Waals surface area contributed by atoms with Crippen molar-refractivity contribution in [2.45, 2.75) is 27.7 Å². The number of aryl methyl sites for hydroxylation is 4. The molecular formula is C24H24N14O4S2. The maximum Gasteiger partial charge on any atom is 0.342 e. The number of anilines is 2. The Balaban J connectivity index is 1.46. The summed E-state index contributed by atoms with van der Waals surface area (Å²) in [6.07, 6.45) is 1.29. The minimum absolute atomic E-state index is 0.118. The number of aromatic nitrogens is 8. The number of ether oxygens (including phenoxy) is 1. The van der Waals surface area contributed by atoms with Crippen molar-refractivity contribution < 1.29 is 19.4 Å². The van der Waals surface area contributed by atoms with Crippen molar-refractivity contribution in [1.29, 1.82) is 0 Å². The van der Waals surface area contributed by atoms with E-state index in [1.165, 1.54) is 22.8 Å². The standard InChI is InChI=1S/C24H24N14O4S2/c1-9-16(13(40)7-39)22(43-35-9)31-29-18-11(3)33-37(20(18)25)14-6-15(28-8-27-14)38-21(26)19(12(4)34-38)30-32-23-17(24(41)42-5)10(2)36-44-23/h6,8,39H,7,25-26H2,1-5H3. The van der Waals surface area contributed by atoms with Crippen molar-refractivity contribution in [3.8, 4) is 11.6 Å². The molecule has 5 heterocycles. The normalized spacial score (nSPS) is 11.7. The highest BCUT2D eigenvalue weighted by molar-refractivity contribution is 7.10. The van der Waals surface area contributed by atoms with Gasteiger partial charge in [-0.2, -0.15) is 28.3 Å². The number of carbonyl (C=O) groups excluding carboxylic acids is 2. The van der Waals surface area contributed by atoms with Crippen LogP contribution < -0.4 is 11.5 Å². The Morgan fingerprint density at radius 3 is 1.77 bits per heavy atom. The second-order valence-electron chi connectivity index (χ2n) is 9.07. The van der Waals surface area contributed by atoms with E-state index in [0.717, 1.165) is 23.1 Å². The van der Waals surface area contributed by atoms with Gasteiger partial charge in [-0.3, -0.25) is 4.79 Å². The second kappa shape index (κ2) is 12.1. The number of methoxy groups -OCH3 is 1. The number of nitrogens with zero attached hydrogens (tertiary/aromatic N) is 12. The highest BCUT2D eigenvalue weighted by atomic mass is 32.1. The van der Waals surface area contributed by atoms with E-state index in [2.05, 4.69) is 49.4 Å². The van der Waals surface area contributed by atoms with Crippen LogP contribution in [0.25, 0.3) is 11.6 Å². The van der Waals surface area contributed by atoms with Crippen LogP contribution in [0.3, 0.4) is 0 Å². The SMILES string of the molecule is COC(=O)c1c(C)nsc1N=Nc1c(C)nn(-c2cc(-n3nc(C)c(N=Nc4snc(C)c4C(=O)CO)c3N)ncn2)c1N. The Hall–Kier alpha value is -5.34. The second-order valence-corrected chi connectivity index (χ2v) is 10.6. The van der Waals surface area contributed by atoms with Crippen LogP contribution in [0.5, 0.6) is 0 Å². The van der Waals surface area contributed by atoms with E-state index in [4.69, 9.17) is 16.2 Å². The summed E-state index contributed by atoms with van der Waals surface area (Å²) in [4.78, 5) is 32.8. The lowest BCUT2D eigenvalue weighted by molar-refractivity contribution is 0.0601. The number of azo groups is 2. The summed E-state index contributed by atoms with van der Waals surface area (Å²) >= 11 is 1.97. The van der Waals surface area contributed by atoms with Gasteiger partial charge in [-0.25, -0.2) is 14.8 Å². The maximum absolute atomic E-state index is 12.1. The van der Waals surface area contributed by atoms with Crippen LogP contribution >= 0.6 is 23.1 Å². The van der Waals surface area contributed by atoms with Crippen molar-refractivity contribution in [3.05, 3.63) is 46.3 Å². The number of hydrogen-bond donors (Lipinski definition) is 3. The Morgan fingerprint density at radius 1 is 0.818 bits per heavy atom. The van der Waals surface area contributed by atoms with Crippen molar-refractivity contribution in [3.63, 3.8) is 0 Å². The van der Waals surface area contributed by atoms with Gasteiger partial charge in [0.25, 0.3) is 0 Å². The molecule has 44 heavy (non-hydrogen) atoms. The van der Waals surface area contributed by atoms with Crippen molar-refractivity contribution in [2.75, 3.05) is 25.2 Å². The van der Waals surface area contributed by atoms with Gasteiger partial charge in [0, 0.05) is 6.07 Å².